The minimum atomic E-state index is -4.15. The van der Waals surface area contributed by atoms with Crippen molar-refractivity contribution in [3.8, 4) is 0 Å². The zero-order valence-electron chi connectivity index (χ0n) is 15.4. The van der Waals surface area contributed by atoms with Crippen LogP contribution in [0.25, 0.3) is 0 Å². The van der Waals surface area contributed by atoms with Gasteiger partial charge in [-0.15, -0.1) is 24.0 Å². The first-order valence-electron chi connectivity index (χ1n) is 7.83. The predicted octanol–water partition coefficient (Wildman–Crippen LogP) is 2.20. The van der Waals surface area contributed by atoms with E-state index in [4.69, 9.17) is 0 Å². The molecule has 1 aromatic rings. The molecular formula is C15H28F3IN6. The maximum atomic E-state index is 12.2. The molecule has 146 valence electrons. The molecule has 0 spiro atoms. The number of alkyl halides is 3. The minimum absolute atomic E-state index is 0. The summed E-state index contributed by atoms with van der Waals surface area (Å²) in [6, 6.07) is 0. The molecule has 0 bridgehead atoms. The fraction of sp³-hybridized carbons (Fsp3) is 0.733. The van der Waals surface area contributed by atoms with E-state index >= 15 is 0 Å². The van der Waals surface area contributed by atoms with E-state index in [1.807, 2.05) is 25.6 Å². The minimum Gasteiger partial charge on any atom is -0.356 e. The van der Waals surface area contributed by atoms with Crippen molar-refractivity contribution in [3.05, 3.63) is 17.0 Å². The third-order valence-electron chi connectivity index (χ3n) is 3.77. The number of guanidine groups is 1. The van der Waals surface area contributed by atoms with Gasteiger partial charge >= 0.3 is 6.18 Å². The second-order valence-electron chi connectivity index (χ2n) is 5.83. The van der Waals surface area contributed by atoms with E-state index in [0.717, 1.165) is 17.0 Å². The van der Waals surface area contributed by atoms with Crippen molar-refractivity contribution in [1.82, 2.24) is 25.3 Å². The van der Waals surface area contributed by atoms with E-state index in [-0.39, 0.29) is 24.0 Å². The van der Waals surface area contributed by atoms with E-state index in [9.17, 15) is 13.2 Å². The Kier molecular flexibility index (Phi) is 10.4. The maximum absolute atomic E-state index is 12.2. The summed E-state index contributed by atoms with van der Waals surface area (Å²) in [6.07, 6.45) is -3.56. The van der Waals surface area contributed by atoms with Crippen LogP contribution in [-0.4, -0.2) is 60.5 Å². The summed E-state index contributed by atoms with van der Waals surface area (Å²) in [5.74, 6) is 0.621. The molecule has 0 aliphatic rings. The van der Waals surface area contributed by atoms with E-state index in [1.165, 1.54) is 11.9 Å². The normalized spacial score (nSPS) is 12.3. The highest BCUT2D eigenvalue weighted by Gasteiger charge is 2.28. The van der Waals surface area contributed by atoms with Crippen LogP contribution in [0.4, 0.5) is 13.2 Å². The molecule has 0 aliphatic heterocycles. The number of rotatable bonds is 7. The van der Waals surface area contributed by atoms with Gasteiger partial charge in [-0.25, -0.2) is 0 Å². The topological polar surface area (TPSA) is 57.5 Å². The van der Waals surface area contributed by atoms with Crippen molar-refractivity contribution in [2.24, 2.45) is 12.0 Å². The highest BCUT2D eigenvalue weighted by Crippen LogP contribution is 2.15. The van der Waals surface area contributed by atoms with Crippen molar-refractivity contribution in [2.45, 2.75) is 33.0 Å². The second kappa shape index (κ2) is 10.8. The van der Waals surface area contributed by atoms with Crippen LogP contribution in [0.5, 0.6) is 0 Å². The van der Waals surface area contributed by atoms with E-state index in [2.05, 4.69) is 20.7 Å². The molecule has 0 saturated heterocycles. The van der Waals surface area contributed by atoms with Gasteiger partial charge in [-0.05, 0) is 33.9 Å². The Balaban J connectivity index is 0.00000576. The summed E-state index contributed by atoms with van der Waals surface area (Å²) in [6.45, 7) is 4.58. The van der Waals surface area contributed by atoms with Crippen LogP contribution in [0, 0.1) is 13.8 Å². The van der Waals surface area contributed by atoms with Crippen molar-refractivity contribution in [3.63, 3.8) is 0 Å². The summed E-state index contributed by atoms with van der Waals surface area (Å²) in [4.78, 5) is 5.38. The highest BCUT2D eigenvalue weighted by atomic mass is 127. The lowest BCUT2D eigenvalue weighted by Gasteiger charge is -2.19. The average Bonchev–Trinajstić information content (AvgIpc) is 2.70. The smallest absolute Gasteiger partial charge is 0.356 e. The Morgan fingerprint density at radius 1 is 1.28 bits per heavy atom. The largest absolute Gasteiger partial charge is 0.401 e. The van der Waals surface area contributed by atoms with Crippen molar-refractivity contribution < 1.29 is 13.2 Å². The molecule has 1 aromatic heterocycles. The summed E-state index contributed by atoms with van der Waals surface area (Å²) in [5.41, 5.74) is 3.17. The molecule has 0 unspecified atom stereocenters. The number of aryl methyl sites for hydroxylation is 2. The molecule has 0 aliphatic carbocycles. The number of aliphatic imine (C=N–C) groups is 1. The number of hydrogen-bond donors (Lipinski definition) is 2. The van der Waals surface area contributed by atoms with Crippen LogP contribution in [0.15, 0.2) is 4.99 Å². The first kappa shape index (κ1) is 24.0. The number of nitrogens with zero attached hydrogens (tertiary/aromatic N) is 4. The molecule has 1 rings (SSSR count). The first-order valence-corrected chi connectivity index (χ1v) is 7.83. The lowest BCUT2D eigenvalue weighted by Crippen LogP contribution is -2.39. The lowest BCUT2D eigenvalue weighted by molar-refractivity contribution is -0.143. The van der Waals surface area contributed by atoms with Crippen LogP contribution in [0.2, 0.25) is 0 Å². The Morgan fingerprint density at radius 3 is 2.40 bits per heavy atom. The SMILES string of the molecule is CN=C(NCCCN(C)CC(F)(F)F)NCc1c(C)nn(C)c1C.I. The van der Waals surface area contributed by atoms with Gasteiger partial charge in [0.25, 0.3) is 0 Å². The molecule has 0 amide bonds. The molecule has 0 fully saturated rings. The van der Waals surface area contributed by atoms with E-state index in [1.54, 1.807) is 7.05 Å². The predicted molar refractivity (Wildman–Crippen MR) is 104 cm³/mol. The van der Waals surface area contributed by atoms with Crippen molar-refractivity contribution >= 4 is 29.9 Å². The third kappa shape index (κ3) is 8.75. The number of hydrogen-bond acceptors (Lipinski definition) is 3. The molecular weight excluding hydrogens is 448 g/mol. The molecule has 10 heteroatoms. The standard InChI is InChI=1S/C15H27F3N6.HI/c1-11-13(12(2)24(5)22-11)9-21-14(19-3)20-7-6-8-23(4)10-15(16,17)18;/h6-10H2,1-5H3,(H2,19,20,21);1H. The maximum Gasteiger partial charge on any atom is 0.401 e. The van der Waals surface area contributed by atoms with Gasteiger partial charge in [-0.2, -0.15) is 18.3 Å². The van der Waals surface area contributed by atoms with Gasteiger partial charge < -0.3 is 10.6 Å². The summed E-state index contributed by atoms with van der Waals surface area (Å²) in [5, 5.41) is 10.7. The second-order valence-corrected chi connectivity index (χ2v) is 5.83. The molecule has 2 N–H and O–H groups in total. The fourth-order valence-corrected chi connectivity index (χ4v) is 2.41. The summed E-state index contributed by atoms with van der Waals surface area (Å²) in [7, 11) is 5.03. The third-order valence-corrected chi connectivity index (χ3v) is 3.77. The quantitative estimate of drug-likeness (QED) is 0.274. The Bertz CT molecular complexity index is 556. The first-order chi connectivity index (χ1) is 11.1. The monoisotopic (exact) mass is 476 g/mol. The zero-order valence-corrected chi connectivity index (χ0v) is 17.7. The Hall–Kier alpha value is -1.04. The van der Waals surface area contributed by atoms with Crippen LogP contribution >= 0.6 is 24.0 Å². The summed E-state index contributed by atoms with van der Waals surface area (Å²) >= 11 is 0. The summed E-state index contributed by atoms with van der Waals surface area (Å²) < 4.78 is 38.5. The van der Waals surface area contributed by atoms with Crippen LogP contribution in [0.1, 0.15) is 23.4 Å². The van der Waals surface area contributed by atoms with Gasteiger partial charge in [0.2, 0.25) is 0 Å². The highest BCUT2D eigenvalue weighted by molar-refractivity contribution is 14.0. The van der Waals surface area contributed by atoms with Gasteiger partial charge in [0.15, 0.2) is 5.96 Å². The molecule has 0 aromatic carbocycles. The van der Waals surface area contributed by atoms with Gasteiger partial charge in [0.1, 0.15) is 0 Å². The molecule has 1 heterocycles. The number of halogens is 4. The van der Waals surface area contributed by atoms with Crippen LogP contribution < -0.4 is 10.6 Å². The number of aromatic nitrogens is 2. The Morgan fingerprint density at radius 2 is 1.92 bits per heavy atom. The lowest BCUT2D eigenvalue weighted by atomic mass is 10.2. The van der Waals surface area contributed by atoms with Gasteiger partial charge in [-0.3, -0.25) is 14.6 Å². The molecule has 0 atom stereocenters. The average molecular weight is 476 g/mol. The van der Waals surface area contributed by atoms with Crippen LogP contribution in [0.3, 0.4) is 0 Å². The molecule has 25 heavy (non-hydrogen) atoms. The number of nitrogens with one attached hydrogen (secondary N) is 2. The Labute approximate surface area is 164 Å². The van der Waals surface area contributed by atoms with Gasteiger partial charge in [-0.1, -0.05) is 0 Å². The van der Waals surface area contributed by atoms with Crippen molar-refractivity contribution in [1.29, 1.82) is 0 Å². The fourth-order valence-electron chi connectivity index (χ4n) is 2.41. The molecule has 6 nitrogen and oxygen atoms in total. The van der Waals surface area contributed by atoms with Gasteiger partial charge in [0, 0.05) is 38.4 Å². The van der Waals surface area contributed by atoms with Gasteiger partial charge in [0.05, 0.1) is 12.2 Å². The van der Waals surface area contributed by atoms with Crippen molar-refractivity contribution in [2.75, 3.05) is 33.7 Å². The molecule has 0 saturated carbocycles. The molecule has 0 radical (unpaired) electrons. The van der Waals surface area contributed by atoms with E-state index in [0.29, 0.717) is 32.0 Å². The van der Waals surface area contributed by atoms with E-state index < -0.39 is 12.7 Å². The van der Waals surface area contributed by atoms with Crippen LogP contribution in [-0.2, 0) is 13.6 Å². The zero-order chi connectivity index (χ0) is 18.3.